The molecule has 7 heteroatoms. The van der Waals surface area contributed by atoms with Gasteiger partial charge in [0.1, 0.15) is 5.69 Å². The molecule has 1 unspecified atom stereocenters. The third-order valence-corrected chi connectivity index (χ3v) is 4.27. The van der Waals surface area contributed by atoms with Crippen molar-refractivity contribution in [3.63, 3.8) is 0 Å². The van der Waals surface area contributed by atoms with E-state index in [0.717, 1.165) is 4.90 Å². The SMILES string of the molecule is CCOC(=O)c1ccc(Cl)c(CN2C(=O)C3=CC=CCC3C2=O)n1. The maximum absolute atomic E-state index is 12.5. The van der Waals surface area contributed by atoms with E-state index in [1.165, 1.54) is 12.1 Å². The van der Waals surface area contributed by atoms with Crippen LogP contribution in [0.2, 0.25) is 5.02 Å². The fourth-order valence-electron chi connectivity index (χ4n) is 2.74. The van der Waals surface area contributed by atoms with Crippen molar-refractivity contribution in [1.82, 2.24) is 9.88 Å². The van der Waals surface area contributed by atoms with Crippen LogP contribution in [0.1, 0.15) is 29.5 Å². The van der Waals surface area contributed by atoms with E-state index in [-0.39, 0.29) is 41.4 Å². The lowest BCUT2D eigenvalue weighted by Crippen LogP contribution is -2.30. The van der Waals surface area contributed by atoms with Crippen LogP contribution < -0.4 is 0 Å². The number of hydrogen-bond donors (Lipinski definition) is 0. The van der Waals surface area contributed by atoms with Crippen molar-refractivity contribution in [1.29, 1.82) is 0 Å². The maximum atomic E-state index is 12.5. The Kier molecular flexibility index (Phi) is 4.49. The van der Waals surface area contributed by atoms with Crippen molar-refractivity contribution >= 4 is 29.4 Å². The number of imide groups is 1. The van der Waals surface area contributed by atoms with Crippen molar-refractivity contribution < 1.29 is 19.1 Å². The van der Waals surface area contributed by atoms with Crippen LogP contribution in [0, 0.1) is 5.92 Å². The zero-order valence-corrected chi connectivity index (χ0v) is 13.7. The summed E-state index contributed by atoms with van der Waals surface area (Å²) in [4.78, 5) is 42.0. The Bertz CT molecular complexity index is 785. The second-order valence-corrected chi connectivity index (χ2v) is 5.82. The number of aromatic nitrogens is 1. The third-order valence-electron chi connectivity index (χ3n) is 3.93. The molecule has 1 aliphatic carbocycles. The van der Waals surface area contributed by atoms with E-state index in [1.54, 1.807) is 19.1 Å². The number of halogens is 1. The second-order valence-electron chi connectivity index (χ2n) is 5.41. The molecule has 0 spiro atoms. The number of pyridine rings is 1. The average molecular weight is 347 g/mol. The highest BCUT2D eigenvalue weighted by atomic mass is 35.5. The largest absolute Gasteiger partial charge is 0.461 e. The van der Waals surface area contributed by atoms with E-state index in [9.17, 15) is 14.4 Å². The Balaban J connectivity index is 1.86. The number of ether oxygens (including phenoxy) is 1. The Labute approximate surface area is 143 Å². The normalized spacial score (nSPS) is 19.3. The van der Waals surface area contributed by atoms with Crippen LogP contribution in [0.4, 0.5) is 0 Å². The van der Waals surface area contributed by atoms with Crippen LogP contribution in [0.25, 0.3) is 0 Å². The Morgan fingerprint density at radius 2 is 2.21 bits per heavy atom. The lowest BCUT2D eigenvalue weighted by atomic mass is 9.94. The molecule has 1 atom stereocenters. The molecular weight excluding hydrogens is 332 g/mol. The molecule has 2 heterocycles. The summed E-state index contributed by atoms with van der Waals surface area (Å²) in [5.74, 6) is -1.62. The van der Waals surface area contributed by atoms with Crippen LogP contribution in [0.5, 0.6) is 0 Å². The fraction of sp³-hybridized carbons (Fsp3) is 0.294. The molecule has 24 heavy (non-hydrogen) atoms. The van der Waals surface area contributed by atoms with Crippen molar-refractivity contribution in [2.24, 2.45) is 5.92 Å². The second kappa shape index (κ2) is 6.57. The van der Waals surface area contributed by atoms with Gasteiger partial charge >= 0.3 is 5.97 Å². The van der Waals surface area contributed by atoms with E-state index in [4.69, 9.17) is 16.3 Å². The molecule has 1 aliphatic heterocycles. The van der Waals surface area contributed by atoms with Gasteiger partial charge in [0, 0.05) is 5.57 Å². The molecule has 0 bridgehead atoms. The Morgan fingerprint density at radius 3 is 2.92 bits per heavy atom. The van der Waals surface area contributed by atoms with E-state index in [0.29, 0.717) is 12.0 Å². The first kappa shape index (κ1) is 16.4. The van der Waals surface area contributed by atoms with E-state index in [2.05, 4.69) is 4.98 Å². The molecule has 124 valence electrons. The summed E-state index contributed by atoms with van der Waals surface area (Å²) in [6.07, 6.45) is 5.80. The van der Waals surface area contributed by atoms with Crippen molar-refractivity contribution in [2.75, 3.05) is 6.61 Å². The number of carbonyl (C=O) groups is 3. The van der Waals surface area contributed by atoms with Crippen LogP contribution in [0.15, 0.2) is 35.9 Å². The summed E-state index contributed by atoms with van der Waals surface area (Å²) in [6.45, 7) is 1.85. The van der Waals surface area contributed by atoms with Gasteiger partial charge in [-0.1, -0.05) is 29.8 Å². The Morgan fingerprint density at radius 1 is 1.42 bits per heavy atom. The summed E-state index contributed by atoms with van der Waals surface area (Å²) < 4.78 is 4.90. The monoisotopic (exact) mass is 346 g/mol. The quantitative estimate of drug-likeness (QED) is 0.617. The van der Waals surface area contributed by atoms with Crippen molar-refractivity contribution in [3.05, 3.63) is 52.3 Å². The molecule has 1 saturated heterocycles. The lowest BCUT2D eigenvalue weighted by Gasteiger charge is -2.15. The zero-order valence-electron chi connectivity index (χ0n) is 13.0. The minimum atomic E-state index is -0.574. The molecule has 1 aromatic rings. The van der Waals surface area contributed by atoms with Gasteiger partial charge in [0.15, 0.2) is 0 Å². The van der Waals surface area contributed by atoms with Gasteiger partial charge in [0.25, 0.3) is 5.91 Å². The number of fused-ring (bicyclic) bond motifs is 1. The summed E-state index contributed by atoms with van der Waals surface area (Å²) in [5.41, 5.74) is 0.866. The van der Waals surface area contributed by atoms with Crippen LogP contribution in [-0.4, -0.2) is 34.3 Å². The van der Waals surface area contributed by atoms with Crippen LogP contribution in [0.3, 0.4) is 0 Å². The van der Waals surface area contributed by atoms with E-state index < -0.39 is 11.9 Å². The summed E-state index contributed by atoms with van der Waals surface area (Å²) >= 11 is 6.11. The number of hydrogen-bond acceptors (Lipinski definition) is 5. The highest BCUT2D eigenvalue weighted by Crippen LogP contribution is 2.32. The molecule has 3 rings (SSSR count). The molecule has 6 nitrogen and oxygen atoms in total. The van der Waals surface area contributed by atoms with Crippen LogP contribution >= 0.6 is 11.6 Å². The molecular formula is C17H15ClN2O4. The zero-order chi connectivity index (χ0) is 17.3. The predicted octanol–water partition coefficient (Wildman–Crippen LogP) is 2.28. The number of carbonyl (C=O) groups excluding carboxylic acids is 3. The standard InChI is InChI=1S/C17H15ClN2O4/c1-2-24-17(23)13-8-7-12(18)14(19-13)9-20-15(21)10-5-3-4-6-11(10)16(20)22/h3-5,7-8,11H,2,6,9H2,1H3. The summed E-state index contributed by atoms with van der Waals surface area (Å²) in [7, 11) is 0. The summed E-state index contributed by atoms with van der Waals surface area (Å²) in [6, 6.07) is 2.96. The molecule has 0 radical (unpaired) electrons. The highest BCUT2D eigenvalue weighted by molar-refractivity contribution is 6.31. The number of amides is 2. The number of nitrogens with zero attached hydrogens (tertiary/aromatic N) is 2. The first-order chi connectivity index (χ1) is 11.5. The van der Waals surface area contributed by atoms with Gasteiger partial charge in [-0.3, -0.25) is 14.5 Å². The van der Waals surface area contributed by atoms with E-state index >= 15 is 0 Å². The van der Waals surface area contributed by atoms with E-state index in [1.807, 2.05) is 6.08 Å². The number of esters is 1. The molecule has 2 aliphatic rings. The van der Waals surface area contributed by atoms with Gasteiger partial charge in [-0.05, 0) is 25.5 Å². The van der Waals surface area contributed by atoms with Gasteiger partial charge in [-0.2, -0.15) is 0 Å². The summed E-state index contributed by atoms with van der Waals surface area (Å²) in [5, 5.41) is 0.283. The number of rotatable bonds is 4. The maximum Gasteiger partial charge on any atom is 0.356 e. The van der Waals surface area contributed by atoms with Gasteiger partial charge in [-0.25, -0.2) is 9.78 Å². The first-order valence-corrected chi connectivity index (χ1v) is 7.95. The van der Waals surface area contributed by atoms with Gasteiger partial charge in [0.05, 0.1) is 29.8 Å². The first-order valence-electron chi connectivity index (χ1n) is 7.58. The molecule has 1 fully saturated rings. The van der Waals surface area contributed by atoms with Crippen LogP contribution in [-0.2, 0) is 20.9 Å². The van der Waals surface area contributed by atoms with Crippen molar-refractivity contribution in [3.8, 4) is 0 Å². The Hall–Kier alpha value is -2.47. The minimum Gasteiger partial charge on any atom is -0.461 e. The lowest BCUT2D eigenvalue weighted by molar-refractivity contribution is -0.139. The minimum absolute atomic E-state index is 0.0718. The van der Waals surface area contributed by atoms with Gasteiger partial charge in [-0.15, -0.1) is 0 Å². The molecule has 0 aromatic carbocycles. The third kappa shape index (κ3) is 2.85. The molecule has 0 N–H and O–H groups in total. The van der Waals surface area contributed by atoms with Crippen molar-refractivity contribution in [2.45, 2.75) is 19.9 Å². The predicted molar refractivity (Wildman–Crippen MR) is 86.1 cm³/mol. The number of likely N-dealkylation sites (tertiary alicyclic amines) is 1. The molecule has 0 saturated carbocycles. The highest BCUT2D eigenvalue weighted by Gasteiger charge is 2.43. The molecule has 2 amide bonds. The molecule has 1 aromatic heterocycles. The smallest absolute Gasteiger partial charge is 0.356 e. The topological polar surface area (TPSA) is 76.6 Å². The van der Waals surface area contributed by atoms with Gasteiger partial charge < -0.3 is 4.74 Å². The number of allylic oxidation sites excluding steroid dienone is 3. The fourth-order valence-corrected chi connectivity index (χ4v) is 2.91. The van der Waals surface area contributed by atoms with Gasteiger partial charge in [0.2, 0.25) is 5.91 Å². The average Bonchev–Trinajstić information content (AvgIpc) is 2.82.